The van der Waals surface area contributed by atoms with Crippen LogP contribution < -0.4 is 22.9 Å². The van der Waals surface area contributed by atoms with Gasteiger partial charge in [-0.25, -0.2) is 19.2 Å². The van der Waals surface area contributed by atoms with Crippen molar-refractivity contribution in [2.75, 3.05) is 0 Å². The fourth-order valence-electron chi connectivity index (χ4n) is 0. The van der Waals surface area contributed by atoms with Gasteiger partial charge in [0.05, 0.1) is 0 Å². The van der Waals surface area contributed by atoms with Crippen LogP contribution in [-0.4, -0.2) is 44.8 Å². The van der Waals surface area contributed by atoms with Crippen molar-refractivity contribution in [2.24, 2.45) is 22.9 Å². The first-order chi connectivity index (χ1) is 8.84. The van der Waals surface area contributed by atoms with Crippen molar-refractivity contribution in [3.8, 4) is 0 Å². The van der Waals surface area contributed by atoms with Crippen molar-refractivity contribution in [1.82, 2.24) is 0 Å². The third kappa shape index (κ3) is 811. The normalized spacial score (nSPS) is 6.30. The Labute approximate surface area is 114 Å². The third-order valence-corrected chi connectivity index (χ3v) is 0.500. The van der Waals surface area contributed by atoms with E-state index in [9.17, 15) is 0 Å². The zero-order valence-electron chi connectivity index (χ0n) is 11.1. The third-order valence-electron chi connectivity index (χ3n) is 0.500. The maximum atomic E-state index is 8.78. The molecule has 12 N–H and O–H groups in total. The summed E-state index contributed by atoms with van der Waals surface area (Å²) in [7, 11) is 0. The number of primary amides is 4. The summed E-state index contributed by atoms with van der Waals surface area (Å²) in [5.74, 6) is 0. The van der Waals surface area contributed by atoms with Gasteiger partial charge in [-0.2, -0.15) is 0 Å². The minimum absolute atomic E-state index is 1.32. The van der Waals surface area contributed by atoms with Crippen LogP contribution in [0.15, 0.2) is 0 Å². The van der Waals surface area contributed by atoms with E-state index < -0.39 is 24.4 Å². The Morgan fingerprint density at radius 2 is 0.650 bits per heavy atom. The van der Waals surface area contributed by atoms with Crippen LogP contribution in [0, 0.1) is 0 Å². The van der Waals surface area contributed by atoms with Gasteiger partial charge in [-0.15, -0.1) is 0 Å². The van der Waals surface area contributed by atoms with E-state index in [1.165, 1.54) is 12.8 Å². The van der Waals surface area contributed by atoms with Gasteiger partial charge >= 0.3 is 24.4 Å². The number of carbonyl (C=O) groups is 4. The second-order valence-electron chi connectivity index (χ2n) is 2.35. The summed E-state index contributed by atoms with van der Waals surface area (Å²) in [6.07, 6.45) is -2.69. The summed E-state index contributed by atoms with van der Waals surface area (Å²) in [6, 6.07) is 0. The molecule has 0 bridgehead atoms. The van der Waals surface area contributed by atoms with Crippen molar-refractivity contribution >= 4 is 24.4 Å². The van der Waals surface area contributed by atoms with Crippen LogP contribution >= 0.6 is 0 Å². The van der Waals surface area contributed by atoms with Crippen molar-refractivity contribution in [2.45, 2.75) is 26.7 Å². The van der Waals surface area contributed by atoms with Crippen molar-refractivity contribution < 1.29 is 39.6 Å². The number of nitrogens with two attached hydrogens (primary N) is 4. The van der Waals surface area contributed by atoms with Crippen LogP contribution in [-0.2, 0) is 0 Å². The highest BCUT2D eigenvalue weighted by molar-refractivity contribution is 5.62. The van der Waals surface area contributed by atoms with Gasteiger partial charge in [0, 0.05) is 0 Å². The van der Waals surface area contributed by atoms with Gasteiger partial charge in [-0.05, 0) is 0 Å². The smallest absolute Gasteiger partial charge is 0.402 e. The first-order valence-electron chi connectivity index (χ1n) is 4.78. The standard InChI is InChI=1S/C4H10.4CH3NO2/c1-3-4-2;4*2-1(3)4/h3-4H2,1-2H3;4*2H2,(H,3,4). The van der Waals surface area contributed by atoms with E-state index >= 15 is 0 Å². The fraction of sp³-hybridized carbons (Fsp3) is 0.500. The van der Waals surface area contributed by atoms with E-state index in [2.05, 4.69) is 36.8 Å². The molecule has 0 aromatic carbocycles. The molecule has 4 amide bonds. The molecule has 0 spiro atoms. The zero-order valence-corrected chi connectivity index (χ0v) is 11.1. The first-order valence-corrected chi connectivity index (χ1v) is 4.78. The molecule has 20 heavy (non-hydrogen) atoms. The van der Waals surface area contributed by atoms with Crippen LogP contribution in [0.5, 0.6) is 0 Å². The molecule has 0 saturated carbocycles. The highest BCUT2D eigenvalue weighted by Crippen LogP contribution is 1.76. The van der Waals surface area contributed by atoms with Gasteiger partial charge in [0.25, 0.3) is 0 Å². The first kappa shape index (κ1) is 30.3. The molecule has 0 aliphatic rings. The summed E-state index contributed by atoms with van der Waals surface area (Å²) in [5.41, 5.74) is 16.1. The maximum Gasteiger partial charge on any atom is 0.402 e. The minimum atomic E-state index is -1.33. The Hall–Kier alpha value is -2.92. The molecule has 0 aromatic heterocycles. The van der Waals surface area contributed by atoms with Crippen molar-refractivity contribution in [1.29, 1.82) is 0 Å². The molecule has 122 valence electrons. The van der Waals surface area contributed by atoms with E-state index in [0.29, 0.717) is 0 Å². The number of hydrogen-bond acceptors (Lipinski definition) is 4. The van der Waals surface area contributed by atoms with Crippen LogP contribution in [0.1, 0.15) is 26.7 Å². The summed E-state index contributed by atoms with van der Waals surface area (Å²) >= 11 is 0. The molecule has 12 nitrogen and oxygen atoms in total. The average Bonchev–Trinajstić information content (AvgIpc) is 2.13. The Bertz CT molecular complexity index is 193. The Morgan fingerprint density at radius 1 is 0.600 bits per heavy atom. The second-order valence-corrected chi connectivity index (χ2v) is 2.35. The molecular formula is C8H22N4O8. The van der Waals surface area contributed by atoms with Crippen molar-refractivity contribution in [3.05, 3.63) is 0 Å². The average molecular weight is 302 g/mol. The molecular weight excluding hydrogens is 280 g/mol. The Balaban J connectivity index is -0.0000000469. The number of rotatable bonds is 1. The Kier molecular flexibility index (Phi) is 45.1. The zero-order chi connectivity index (χ0) is 17.7. The van der Waals surface area contributed by atoms with Gasteiger partial charge in [0.2, 0.25) is 0 Å². The quantitative estimate of drug-likeness (QED) is 0.333. The minimum Gasteiger partial charge on any atom is -0.465 e. The van der Waals surface area contributed by atoms with Gasteiger partial charge in [0.1, 0.15) is 0 Å². The monoisotopic (exact) mass is 302 g/mol. The molecule has 0 rings (SSSR count). The van der Waals surface area contributed by atoms with Gasteiger partial charge in [0.15, 0.2) is 0 Å². The van der Waals surface area contributed by atoms with Gasteiger partial charge in [-0.3, -0.25) is 0 Å². The highest BCUT2D eigenvalue weighted by atomic mass is 16.4. The second kappa shape index (κ2) is 29.8. The predicted molar refractivity (Wildman–Crippen MR) is 69.4 cm³/mol. The Morgan fingerprint density at radius 3 is 0.650 bits per heavy atom. The predicted octanol–water partition coefficient (Wildman–Crippen LogP) is 0.299. The topological polar surface area (TPSA) is 253 Å². The lowest BCUT2D eigenvalue weighted by Gasteiger charge is -1.68. The van der Waals surface area contributed by atoms with E-state index in [0.717, 1.165) is 0 Å². The van der Waals surface area contributed by atoms with Crippen LogP contribution in [0.25, 0.3) is 0 Å². The molecule has 12 heteroatoms. The van der Waals surface area contributed by atoms with Crippen LogP contribution in [0.2, 0.25) is 0 Å². The van der Waals surface area contributed by atoms with Gasteiger partial charge < -0.3 is 43.4 Å². The molecule has 0 aromatic rings. The molecule has 0 fully saturated rings. The van der Waals surface area contributed by atoms with Crippen LogP contribution in [0.4, 0.5) is 19.2 Å². The molecule has 0 aliphatic carbocycles. The molecule has 0 atom stereocenters. The maximum absolute atomic E-state index is 8.78. The van der Waals surface area contributed by atoms with E-state index in [-0.39, 0.29) is 0 Å². The number of carboxylic acid groups (broad SMARTS) is 4. The van der Waals surface area contributed by atoms with E-state index in [4.69, 9.17) is 39.6 Å². The molecule has 0 radical (unpaired) electrons. The summed E-state index contributed by atoms with van der Waals surface area (Å²) in [6.45, 7) is 4.36. The SMILES string of the molecule is CCCC.NC(=O)O.NC(=O)O.NC(=O)O.NC(=O)O. The van der Waals surface area contributed by atoms with Crippen molar-refractivity contribution in [3.63, 3.8) is 0 Å². The largest absolute Gasteiger partial charge is 0.465 e. The molecule has 0 aliphatic heterocycles. The summed E-state index contributed by atoms with van der Waals surface area (Å²) < 4.78 is 0. The van der Waals surface area contributed by atoms with Gasteiger partial charge in [-0.1, -0.05) is 26.7 Å². The number of hydrogen-bond donors (Lipinski definition) is 8. The lowest BCUT2D eigenvalue weighted by Crippen LogP contribution is -2.03. The summed E-state index contributed by atoms with van der Waals surface area (Å²) in [5, 5.41) is 28.8. The molecule has 0 unspecified atom stereocenters. The van der Waals surface area contributed by atoms with E-state index in [1.54, 1.807) is 0 Å². The van der Waals surface area contributed by atoms with E-state index in [1.807, 2.05) is 0 Å². The molecule has 0 heterocycles. The summed E-state index contributed by atoms with van der Waals surface area (Å²) in [4.78, 5) is 35.1. The highest BCUT2D eigenvalue weighted by Gasteiger charge is 1.66. The number of unbranched alkanes of at least 4 members (excludes halogenated alkanes) is 1. The number of amides is 4. The lowest BCUT2D eigenvalue weighted by atomic mass is 10.4. The fourth-order valence-corrected chi connectivity index (χ4v) is 0. The van der Waals surface area contributed by atoms with Crippen LogP contribution in [0.3, 0.4) is 0 Å². The molecule has 0 saturated heterocycles. The lowest BCUT2D eigenvalue weighted by molar-refractivity contribution is 0.204.